The summed E-state index contributed by atoms with van der Waals surface area (Å²) in [6.45, 7) is 0.918. The van der Waals surface area contributed by atoms with Crippen LogP contribution in [0.4, 0.5) is 10.5 Å². The molecule has 0 spiro atoms. The van der Waals surface area contributed by atoms with E-state index in [1.54, 1.807) is 24.1 Å². The number of rotatable bonds is 4. The van der Waals surface area contributed by atoms with Crippen LogP contribution in [0.25, 0.3) is 0 Å². The molecule has 9 heteroatoms. The number of likely N-dealkylation sites (tertiary alicyclic amines) is 1. The third-order valence-corrected chi connectivity index (χ3v) is 5.42. The zero-order valence-electron chi connectivity index (χ0n) is 15.2. The fraction of sp³-hybridized carbons (Fsp3) is 0.316. The summed E-state index contributed by atoms with van der Waals surface area (Å²) in [5.41, 5.74) is 1.25. The number of amides is 3. The van der Waals surface area contributed by atoms with Crippen molar-refractivity contribution in [1.29, 1.82) is 0 Å². The molecule has 28 heavy (non-hydrogen) atoms. The normalized spacial score (nSPS) is 16.1. The van der Waals surface area contributed by atoms with Crippen molar-refractivity contribution in [1.82, 2.24) is 14.8 Å². The molecule has 3 amide bonds. The van der Waals surface area contributed by atoms with Crippen LogP contribution in [0, 0.1) is 0 Å². The Morgan fingerprint density at radius 1 is 1.18 bits per heavy atom. The Balaban J connectivity index is 1.68. The van der Waals surface area contributed by atoms with E-state index in [-0.39, 0.29) is 21.6 Å². The third-order valence-electron chi connectivity index (χ3n) is 4.59. The van der Waals surface area contributed by atoms with Crippen LogP contribution < -0.4 is 5.32 Å². The van der Waals surface area contributed by atoms with Gasteiger partial charge in [-0.3, -0.25) is 9.78 Å². The number of likely N-dealkylation sites (N-methyl/N-ethyl adjacent to an activating group) is 1. The fourth-order valence-electron chi connectivity index (χ4n) is 3.17. The number of nitrogens with zero attached hydrogens (tertiary/aromatic N) is 3. The number of hydrogen-bond donors (Lipinski definition) is 1. The van der Waals surface area contributed by atoms with Crippen LogP contribution in [0.5, 0.6) is 0 Å². The number of aromatic nitrogens is 1. The molecule has 2 heterocycles. The van der Waals surface area contributed by atoms with Crippen molar-refractivity contribution in [3.63, 3.8) is 0 Å². The Labute approximate surface area is 178 Å². The van der Waals surface area contributed by atoms with Crippen molar-refractivity contribution >= 4 is 52.4 Å². The Bertz CT molecular complexity index is 856. The van der Waals surface area contributed by atoms with Gasteiger partial charge in [0, 0.05) is 37.6 Å². The maximum Gasteiger partial charge on any atom is 0.322 e. The number of halogens is 3. The number of pyridine rings is 1. The van der Waals surface area contributed by atoms with E-state index in [0.29, 0.717) is 24.5 Å². The summed E-state index contributed by atoms with van der Waals surface area (Å²) < 4.78 is 0. The van der Waals surface area contributed by atoms with Gasteiger partial charge >= 0.3 is 6.03 Å². The van der Waals surface area contributed by atoms with Gasteiger partial charge in [-0.25, -0.2) is 4.79 Å². The van der Waals surface area contributed by atoms with Gasteiger partial charge in [0.1, 0.15) is 6.04 Å². The zero-order chi connectivity index (χ0) is 20.3. The topological polar surface area (TPSA) is 65.5 Å². The summed E-state index contributed by atoms with van der Waals surface area (Å²) in [6, 6.07) is 6.37. The number of urea groups is 1. The Morgan fingerprint density at radius 3 is 2.46 bits per heavy atom. The second-order valence-electron chi connectivity index (χ2n) is 6.58. The van der Waals surface area contributed by atoms with Gasteiger partial charge in [0.15, 0.2) is 0 Å². The fourth-order valence-corrected chi connectivity index (χ4v) is 3.76. The van der Waals surface area contributed by atoms with Crippen molar-refractivity contribution in [2.24, 2.45) is 0 Å². The molecular weight excluding hydrogens is 423 g/mol. The van der Waals surface area contributed by atoms with Crippen molar-refractivity contribution in [2.45, 2.75) is 25.4 Å². The molecule has 1 aromatic heterocycles. The minimum atomic E-state index is -0.531. The predicted octanol–water partition coefficient (Wildman–Crippen LogP) is 4.70. The number of benzene rings is 1. The number of carbonyl (C=O) groups excluding carboxylic acids is 2. The van der Waals surface area contributed by atoms with E-state index in [9.17, 15) is 9.59 Å². The second kappa shape index (κ2) is 8.99. The molecule has 1 aromatic carbocycles. The first-order chi connectivity index (χ1) is 13.4. The molecule has 3 rings (SSSR count). The first kappa shape index (κ1) is 20.7. The summed E-state index contributed by atoms with van der Waals surface area (Å²) in [6.07, 6.45) is 4.15. The number of hydrogen-bond acceptors (Lipinski definition) is 3. The molecule has 1 aliphatic heterocycles. The van der Waals surface area contributed by atoms with Gasteiger partial charge in [0.25, 0.3) is 0 Å². The van der Waals surface area contributed by atoms with Gasteiger partial charge in [-0.2, -0.15) is 0 Å². The summed E-state index contributed by atoms with van der Waals surface area (Å²) in [5.74, 6) is -0.116. The van der Waals surface area contributed by atoms with Crippen LogP contribution in [0.2, 0.25) is 15.1 Å². The van der Waals surface area contributed by atoms with Crippen LogP contribution in [0.1, 0.15) is 18.4 Å². The Kier molecular flexibility index (Phi) is 6.65. The lowest BCUT2D eigenvalue weighted by Crippen LogP contribution is -2.47. The molecule has 0 aliphatic carbocycles. The maximum absolute atomic E-state index is 12.9. The predicted molar refractivity (Wildman–Crippen MR) is 111 cm³/mol. The van der Waals surface area contributed by atoms with Gasteiger partial charge in [-0.05, 0) is 30.5 Å². The van der Waals surface area contributed by atoms with Gasteiger partial charge in [0.05, 0.1) is 15.7 Å². The van der Waals surface area contributed by atoms with Crippen molar-refractivity contribution < 1.29 is 9.59 Å². The van der Waals surface area contributed by atoms with Gasteiger partial charge in [0.2, 0.25) is 5.91 Å². The highest BCUT2D eigenvalue weighted by atomic mass is 35.5. The molecule has 1 atom stereocenters. The van der Waals surface area contributed by atoms with E-state index >= 15 is 0 Å². The smallest absolute Gasteiger partial charge is 0.322 e. The summed E-state index contributed by atoms with van der Waals surface area (Å²) in [5, 5.41) is 3.82. The molecule has 0 bridgehead atoms. The number of nitrogens with one attached hydrogen (secondary N) is 1. The minimum Gasteiger partial charge on any atom is -0.340 e. The third kappa shape index (κ3) is 4.69. The lowest BCUT2D eigenvalue weighted by molar-refractivity contribution is -0.134. The molecule has 2 aromatic rings. The largest absolute Gasteiger partial charge is 0.340 e. The van der Waals surface area contributed by atoms with E-state index < -0.39 is 12.1 Å². The van der Waals surface area contributed by atoms with Crippen LogP contribution in [-0.2, 0) is 11.3 Å². The van der Waals surface area contributed by atoms with E-state index in [1.165, 1.54) is 17.3 Å². The molecule has 1 N–H and O–H groups in total. The Hall–Kier alpha value is -2.02. The van der Waals surface area contributed by atoms with Gasteiger partial charge in [-0.1, -0.05) is 46.9 Å². The van der Waals surface area contributed by atoms with Crippen molar-refractivity contribution in [3.8, 4) is 0 Å². The highest BCUT2D eigenvalue weighted by Crippen LogP contribution is 2.30. The monoisotopic (exact) mass is 440 g/mol. The number of anilines is 1. The summed E-state index contributed by atoms with van der Waals surface area (Å²) >= 11 is 18.0. The standard InChI is InChI=1S/C19H19Cl3N4O2/c1-25(11-12-4-6-13(20)7-5-12)18(27)16-3-2-8-26(16)19(28)24-17-14(21)9-23-10-15(17)22/h4-7,9-10,16H,2-3,8,11H2,1H3,(H,23,24,28)/t16-/m1/s1. The zero-order valence-corrected chi connectivity index (χ0v) is 17.4. The molecule has 0 radical (unpaired) electrons. The van der Waals surface area contributed by atoms with Crippen molar-refractivity contribution in [3.05, 3.63) is 57.3 Å². The second-order valence-corrected chi connectivity index (χ2v) is 7.83. The van der Waals surface area contributed by atoms with Gasteiger partial charge in [-0.15, -0.1) is 0 Å². The molecule has 1 fully saturated rings. The van der Waals surface area contributed by atoms with Crippen LogP contribution in [0.15, 0.2) is 36.7 Å². The molecule has 0 saturated carbocycles. The summed E-state index contributed by atoms with van der Waals surface area (Å²) in [7, 11) is 1.72. The highest BCUT2D eigenvalue weighted by molar-refractivity contribution is 6.39. The summed E-state index contributed by atoms with van der Waals surface area (Å²) in [4.78, 5) is 32.7. The average Bonchev–Trinajstić information content (AvgIpc) is 3.15. The van der Waals surface area contributed by atoms with Gasteiger partial charge < -0.3 is 15.1 Å². The van der Waals surface area contributed by atoms with E-state index in [4.69, 9.17) is 34.8 Å². The molecular formula is C19H19Cl3N4O2. The quantitative estimate of drug-likeness (QED) is 0.748. The number of carbonyl (C=O) groups is 2. The molecule has 1 aliphatic rings. The highest BCUT2D eigenvalue weighted by Gasteiger charge is 2.36. The van der Waals surface area contributed by atoms with E-state index in [0.717, 1.165) is 12.0 Å². The van der Waals surface area contributed by atoms with E-state index in [2.05, 4.69) is 10.3 Å². The van der Waals surface area contributed by atoms with Crippen LogP contribution in [-0.4, -0.2) is 46.4 Å². The van der Waals surface area contributed by atoms with Crippen molar-refractivity contribution in [2.75, 3.05) is 18.9 Å². The molecule has 6 nitrogen and oxygen atoms in total. The SMILES string of the molecule is CN(Cc1ccc(Cl)cc1)C(=O)[C@H]1CCCN1C(=O)Nc1c(Cl)cncc1Cl. The lowest BCUT2D eigenvalue weighted by atomic mass is 10.1. The first-order valence-corrected chi connectivity index (χ1v) is 9.86. The average molecular weight is 442 g/mol. The van der Waals surface area contributed by atoms with E-state index in [1.807, 2.05) is 12.1 Å². The molecule has 148 valence electrons. The molecule has 0 unspecified atom stereocenters. The van der Waals surface area contributed by atoms with Crippen LogP contribution >= 0.6 is 34.8 Å². The Morgan fingerprint density at radius 2 is 1.82 bits per heavy atom. The lowest BCUT2D eigenvalue weighted by Gasteiger charge is -2.28. The van der Waals surface area contributed by atoms with Crippen LogP contribution in [0.3, 0.4) is 0 Å². The first-order valence-electron chi connectivity index (χ1n) is 8.73. The molecule has 1 saturated heterocycles. The minimum absolute atomic E-state index is 0.116. The maximum atomic E-state index is 12.9.